The Morgan fingerprint density at radius 1 is 1.53 bits per heavy atom. The van der Waals surface area contributed by atoms with Gasteiger partial charge in [-0.3, -0.25) is 0 Å². The standard InChI is InChI=1S/C11H21NO3/c1-3-12-10(9-14-8-7-13-2)11-5-4-6-15-11/h5,10,12H,3-4,6-9H2,1-2H3. The molecule has 1 rings (SSSR count). The SMILES string of the molecule is CCNC(COCCOC)C1=CCCO1. The molecule has 1 aliphatic heterocycles. The summed E-state index contributed by atoms with van der Waals surface area (Å²) in [6.45, 7) is 5.71. The lowest BCUT2D eigenvalue weighted by atomic mass is 10.2. The summed E-state index contributed by atoms with van der Waals surface area (Å²) in [7, 11) is 1.67. The van der Waals surface area contributed by atoms with Crippen LogP contribution >= 0.6 is 0 Å². The van der Waals surface area contributed by atoms with E-state index in [4.69, 9.17) is 14.2 Å². The fourth-order valence-corrected chi connectivity index (χ4v) is 1.51. The third kappa shape index (κ3) is 4.64. The minimum absolute atomic E-state index is 0.189. The van der Waals surface area contributed by atoms with Crippen LogP contribution in [0.4, 0.5) is 0 Å². The van der Waals surface area contributed by atoms with Gasteiger partial charge in [0.15, 0.2) is 0 Å². The Morgan fingerprint density at radius 2 is 2.40 bits per heavy atom. The topological polar surface area (TPSA) is 39.7 Å². The molecule has 1 heterocycles. The van der Waals surface area contributed by atoms with Gasteiger partial charge in [-0.2, -0.15) is 0 Å². The molecule has 0 saturated heterocycles. The van der Waals surface area contributed by atoms with E-state index in [9.17, 15) is 0 Å². The van der Waals surface area contributed by atoms with Gasteiger partial charge in [0.05, 0.1) is 32.5 Å². The summed E-state index contributed by atoms with van der Waals surface area (Å²) in [5, 5.41) is 3.34. The van der Waals surface area contributed by atoms with Gasteiger partial charge in [-0.25, -0.2) is 0 Å². The molecular weight excluding hydrogens is 194 g/mol. The normalized spacial score (nSPS) is 17.3. The van der Waals surface area contributed by atoms with Crippen molar-refractivity contribution in [1.82, 2.24) is 5.32 Å². The lowest BCUT2D eigenvalue weighted by Crippen LogP contribution is -2.35. The monoisotopic (exact) mass is 215 g/mol. The van der Waals surface area contributed by atoms with Crippen LogP contribution in [0.25, 0.3) is 0 Å². The molecular formula is C11H21NO3. The minimum atomic E-state index is 0.189. The average molecular weight is 215 g/mol. The highest BCUT2D eigenvalue weighted by atomic mass is 16.5. The van der Waals surface area contributed by atoms with Crippen LogP contribution in [0.5, 0.6) is 0 Å². The Balaban J connectivity index is 2.23. The third-order valence-corrected chi connectivity index (χ3v) is 2.24. The number of hydrogen-bond acceptors (Lipinski definition) is 4. The highest BCUT2D eigenvalue weighted by molar-refractivity contribution is 5.07. The zero-order chi connectivity index (χ0) is 10.9. The van der Waals surface area contributed by atoms with Crippen LogP contribution in [-0.2, 0) is 14.2 Å². The van der Waals surface area contributed by atoms with E-state index in [-0.39, 0.29) is 6.04 Å². The van der Waals surface area contributed by atoms with E-state index < -0.39 is 0 Å². The zero-order valence-corrected chi connectivity index (χ0v) is 9.62. The highest BCUT2D eigenvalue weighted by Crippen LogP contribution is 2.13. The van der Waals surface area contributed by atoms with Crippen molar-refractivity contribution in [2.45, 2.75) is 19.4 Å². The molecule has 4 heteroatoms. The smallest absolute Gasteiger partial charge is 0.111 e. The van der Waals surface area contributed by atoms with E-state index in [1.165, 1.54) is 0 Å². The fraction of sp³-hybridized carbons (Fsp3) is 0.818. The van der Waals surface area contributed by atoms with Crippen molar-refractivity contribution in [2.75, 3.05) is 40.1 Å². The van der Waals surface area contributed by atoms with E-state index in [0.717, 1.165) is 25.3 Å². The molecule has 0 radical (unpaired) electrons. The van der Waals surface area contributed by atoms with Gasteiger partial charge in [0.1, 0.15) is 5.76 Å². The van der Waals surface area contributed by atoms with Gasteiger partial charge in [0.25, 0.3) is 0 Å². The van der Waals surface area contributed by atoms with Crippen molar-refractivity contribution in [1.29, 1.82) is 0 Å². The molecule has 0 fully saturated rings. The Hall–Kier alpha value is -0.580. The van der Waals surface area contributed by atoms with Crippen LogP contribution in [0.15, 0.2) is 11.8 Å². The van der Waals surface area contributed by atoms with Crippen LogP contribution < -0.4 is 5.32 Å². The predicted molar refractivity (Wildman–Crippen MR) is 58.8 cm³/mol. The van der Waals surface area contributed by atoms with E-state index >= 15 is 0 Å². The molecule has 0 saturated carbocycles. The molecule has 0 aromatic heterocycles. The Labute approximate surface area is 91.6 Å². The predicted octanol–water partition coefficient (Wildman–Crippen LogP) is 0.932. The first-order valence-electron chi connectivity index (χ1n) is 5.51. The summed E-state index contributed by atoms with van der Waals surface area (Å²) in [5.74, 6) is 1.02. The molecule has 0 aromatic rings. The van der Waals surface area contributed by atoms with E-state index in [2.05, 4.69) is 18.3 Å². The largest absolute Gasteiger partial charge is 0.496 e. The van der Waals surface area contributed by atoms with Gasteiger partial charge in [0.2, 0.25) is 0 Å². The quantitative estimate of drug-likeness (QED) is 0.611. The molecule has 88 valence electrons. The Kier molecular flexibility index (Phi) is 6.39. The molecule has 1 aliphatic rings. The van der Waals surface area contributed by atoms with Crippen molar-refractivity contribution in [2.24, 2.45) is 0 Å². The molecule has 0 bridgehead atoms. The first kappa shape index (κ1) is 12.5. The van der Waals surface area contributed by atoms with E-state index in [1.807, 2.05) is 0 Å². The second-order valence-electron chi connectivity index (χ2n) is 3.42. The minimum Gasteiger partial charge on any atom is -0.496 e. The van der Waals surface area contributed by atoms with Crippen molar-refractivity contribution in [3.63, 3.8) is 0 Å². The molecule has 0 spiro atoms. The number of rotatable bonds is 8. The van der Waals surface area contributed by atoms with Gasteiger partial charge < -0.3 is 19.5 Å². The lowest BCUT2D eigenvalue weighted by Gasteiger charge is -2.18. The summed E-state index contributed by atoms with van der Waals surface area (Å²) < 4.78 is 15.9. The van der Waals surface area contributed by atoms with Crippen LogP contribution in [-0.4, -0.2) is 46.1 Å². The van der Waals surface area contributed by atoms with E-state index in [1.54, 1.807) is 7.11 Å². The zero-order valence-electron chi connectivity index (χ0n) is 9.62. The van der Waals surface area contributed by atoms with Gasteiger partial charge >= 0.3 is 0 Å². The summed E-state index contributed by atoms with van der Waals surface area (Å²) >= 11 is 0. The number of ether oxygens (including phenoxy) is 3. The van der Waals surface area contributed by atoms with Crippen LogP contribution in [0, 0.1) is 0 Å². The molecule has 0 aliphatic carbocycles. The highest BCUT2D eigenvalue weighted by Gasteiger charge is 2.17. The van der Waals surface area contributed by atoms with Crippen molar-refractivity contribution in [3.8, 4) is 0 Å². The van der Waals surface area contributed by atoms with Gasteiger partial charge in [-0.05, 0) is 12.6 Å². The molecule has 0 amide bonds. The maximum absolute atomic E-state index is 5.51. The number of hydrogen-bond donors (Lipinski definition) is 1. The molecule has 0 aromatic carbocycles. The van der Waals surface area contributed by atoms with Gasteiger partial charge in [-0.15, -0.1) is 0 Å². The second-order valence-corrected chi connectivity index (χ2v) is 3.42. The van der Waals surface area contributed by atoms with Crippen molar-refractivity contribution >= 4 is 0 Å². The summed E-state index contributed by atoms with van der Waals surface area (Å²) in [6, 6.07) is 0.189. The fourth-order valence-electron chi connectivity index (χ4n) is 1.51. The molecule has 4 nitrogen and oxygen atoms in total. The van der Waals surface area contributed by atoms with Gasteiger partial charge in [0, 0.05) is 13.5 Å². The molecule has 1 atom stereocenters. The van der Waals surface area contributed by atoms with E-state index in [0.29, 0.717) is 19.8 Å². The second kappa shape index (κ2) is 7.68. The van der Waals surface area contributed by atoms with Crippen molar-refractivity contribution in [3.05, 3.63) is 11.8 Å². The molecule has 1 unspecified atom stereocenters. The average Bonchev–Trinajstić information content (AvgIpc) is 2.76. The summed E-state index contributed by atoms with van der Waals surface area (Å²) in [5.41, 5.74) is 0. The maximum Gasteiger partial charge on any atom is 0.111 e. The van der Waals surface area contributed by atoms with Gasteiger partial charge in [-0.1, -0.05) is 6.92 Å². The summed E-state index contributed by atoms with van der Waals surface area (Å²) in [6.07, 6.45) is 3.14. The lowest BCUT2D eigenvalue weighted by molar-refractivity contribution is 0.0547. The first-order chi connectivity index (χ1) is 7.38. The molecule has 1 N–H and O–H groups in total. The Bertz CT molecular complexity index is 194. The third-order valence-electron chi connectivity index (χ3n) is 2.24. The van der Waals surface area contributed by atoms with Crippen LogP contribution in [0.1, 0.15) is 13.3 Å². The maximum atomic E-state index is 5.51. The number of likely N-dealkylation sites (N-methyl/N-ethyl adjacent to an activating group) is 1. The first-order valence-corrected chi connectivity index (χ1v) is 5.51. The number of nitrogens with one attached hydrogen (secondary N) is 1. The summed E-state index contributed by atoms with van der Waals surface area (Å²) in [4.78, 5) is 0. The molecule has 15 heavy (non-hydrogen) atoms. The van der Waals surface area contributed by atoms with Crippen LogP contribution in [0.2, 0.25) is 0 Å². The Morgan fingerprint density at radius 3 is 3.00 bits per heavy atom. The van der Waals surface area contributed by atoms with Crippen molar-refractivity contribution < 1.29 is 14.2 Å². The number of methoxy groups -OCH3 is 1. The van der Waals surface area contributed by atoms with Crippen LogP contribution in [0.3, 0.4) is 0 Å².